The molecule has 108 valence electrons. The Morgan fingerprint density at radius 1 is 1.33 bits per heavy atom. The Morgan fingerprint density at radius 2 is 2.24 bits per heavy atom. The molecule has 0 bridgehead atoms. The Balaban J connectivity index is 1.56. The summed E-state index contributed by atoms with van der Waals surface area (Å²) in [7, 11) is 0. The molecule has 3 amide bonds. The van der Waals surface area contributed by atoms with E-state index in [0.29, 0.717) is 31.7 Å². The first kappa shape index (κ1) is 12.2. The number of hydrogen-bond acceptors (Lipinski definition) is 3. The molecule has 21 heavy (non-hydrogen) atoms. The number of carbonyl (C=O) groups excluding carboxylic acids is 2. The molecule has 3 heterocycles. The fourth-order valence-corrected chi connectivity index (χ4v) is 3.04. The quantitative estimate of drug-likeness (QED) is 0.796. The fourth-order valence-electron chi connectivity index (χ4n) is 3.04. The van der Waals surface area contributed by atoms with E-state index < -0.39 is 0 Å². The van der Waals surface area contributed by atoms with Gasteiger partial charge in [-0.25, -0.2) is 9.78 Å². The average Bonchev–Trinajstić information content (AvgIpc) is 3.12. The first-order valence-electron chi connectivity index (χ1n) is 6.99. The maximum absolute atomic E-state index is 12.6. The van der Waals surface area contributed by atoms with Gasteiger partial charge in [0.25, 0.3) is 5.91 Å². The van der Waals surface area contributed by atoms with Gasteiger partial charge in [-0.1, -0.05) is 0 Å². The van der Waals surface area contributed by atoms with E-state index in [1.165, 1.54) is 0 Å². The summed E-state index contributed by atoms with van der Waals surface area (Å²) < 4.78 is 0. The zero-order valence-electron chi connectivity index (χ0n) is 11.4. The second-order valence-corrected chi connectivity index (χ2v) is 5.42. The second kappa shape index (κ2) is 4.47. The third-order valence-corrected chi connectivity index (χ3v) is 4.19. The summed E-state index contributed by atoms with van der Waals surface area (Å²) in [6.45, 7) is 2.36. The molecule has 2 saturated heterocycles. The van der Waals surface area contributed by atoms with Crippen LogP contribution in [0.15, 0.2) is 24.5 Å². The number of H-pyrrole nitrogens is 1. The van der Waals surface area contributed by atoms with Crippen LogP contribution in [0, 0.1) is 0 Å². The minimum Gasteiger partial charge on any atom is -0.345 e. The number of amides is 3. The van der Waals surface area contributed by atoms with Crippen LogP contribution in [0.3, 0.4) is 0 Å². The van der Waals surface area contributed by atoms with E-state index >= 15 is 0 Å². The highest BCUT2D eigenvalue weighted by molar-refractivity contribution is 5.97. The van der Waals surface area contributed by atoms with E-state index in [4.69, 9.17) is 0 Å². The van der Waals surface area contributed by atoms with E-state index in [1.54, 1.807) is 12.4 Å². The van der Waals surface area contributed by atoms with E-state index in [0.717, 1.165) is 11.0 Å². The lowest BCUT2D eigenvalue weighted by Crippen LogP contribution is -2.53. The predicted octanol–water partition coefficient (Wildman–Crippen LogP) is 0.412. The number of fused-ring (bicyclic) bond motifs is 2. The average molecular weight is 285 g/mol. The molecule has 0 saturated carbocycles. The first-order valence-corrected chi connectivity index (χ1v) is 6.99. The fraction of sp³-hybridized carbons (Fsp3) is 0.357. The molecule has 1 atom stereocenters. The van der Waals surface area contributed by atoms with Crippen molar-refractivity contribution in [2.24, 2.45) is 0 Å². The number of rotatable bonds is 1. The van der Waals surface area contributed by atoms with Crippen molar-refractivity contribution in [2.45, 2.75) is 6.04 Å². The third-order valence-electron chi connectivity index (χ3n) is 4.19. The van der Waals surface area contributed by atoms with Crippen LogP contribution in [-0.4, -0.2) is 63.9 Å². The van der Waals surface area contributed by atoms with Crippen LogP contribution in [0.5, 0.6) is 0 Å². The smallest absolute Gasteiger partial charge is 0.317 e. The third kappa shape index (κ3) is 1.93. The molecule has 1 unspecified atom stereocenters. The molecule has 4 rings (SSSR count). The molecular weight excluding hydrogens is 270 g/mol. The van der Waals surface area contributed by atoms with Crippen molar-refractivity contribution >= 4 is 23.0 Å². The van der Waals surface area contributed by atoms with Crippen LogP contribution in [0.25, 0.3) is 11.0 Å². The Hall–Kier alpha value is -2.57. The van der Waals surface area contributed by atoms with Crippen LogP contribution < -0.4 is 5.32 Å². The molecular formula is C14H15N5O2. The molecule has 0 spiro atoms. The number of imidazole rings is 1. The van der Waals surface area contributed by atoms with Gasteiger partial charge >= 0.3 is 6.03 Å². The summed E-state index contributed by atoms with van der Waals surface area (Å²) in [5, 5.41) is 2.82. The van der Waals surface area contributed by atoms with E-state index in [-0.39, 0.29) is 18.0 Å². The number of urea groups is 1. The van der Waals surface area contributed by atoms with Gasteiger partial charge < -0.3 is 20.1 Å². The number of carbonyl (C=O) groups is 2. The molecule has 1 aromatic carbocycles. The van der Waals surface area contributed by atoms with Crippen molar-refractivity contribution in [1.29, 1.82) is 0 Å². The van der Waals surface area contributed by atoms with Crippen molar-refractivity contribution in [3.8, 4) is 0 Å². The van der Waals surface area contributed by atoms with Gasteiger partial charge in [-0.2, -0.15) is 0 Å². The van der Waals surface area contributed by atoms with Crippen molar-refractivity contribution in [3.63, 3.8) is 0 Å². The number of nitrogens with one attached hydrogen (secondary N) is 2. The van der Waals surface area contributed by atoms with Crippen molar-refractivity contribution in [3.05, 3.63) is 30.1 Å². The zero-order chi connectivity index (χ0) is 14.4. The topological polar surface area (TPSA) is 81.3 Å². The van der Waals surface area contributed by atoms with Crippen molar-refractivity contribution < 1.29 is 9.59 Å². The molecule has 2 aliphatic rings. The van der Waals surface area contributed by atoms with Crippen molar-refractivity contribution in [2.75, 3.05) is 26.2 Å². The largest absolute Gasteiger partial charge is 0.345 e. The lowest BCUT2D eigenvalue weighted by atomic mass is 10.1. The highest BCUT2D eigenvalue weighted by Crippen LogP contribution is 2.18. The minimum atomic E-state index is -0.0222. The summed E-state index contributed by atoms with van der Waals surface area (Å²) >= 11 is 0. The molecule has 1 aromatic heterocycles. The lowest BCUT2D eigenvalue weighted by molar-refractivity contribution is 0.0617. The monoisotopic (exact) mass is 285 g/mol. The van der Waals surface area contributed by atoms with Gasteiger partial charge in [-0.05, 0) is 18.2 Å². The summed E-state index contributed by atoms with van der Waals surface area (Å²) in [4.78, 5) is 35.0. The molecule has 7 nitrogen and oxygen atoms in total. The number of piperazine rings is 1. The molecule has 2 fully saturated rings. The minimum absolute atomic E-state index is 0.00509. The van der Waals surface area contributed by atoms with Gasteiger partial charge in [0, 0.05) is 31.7 Å². The number of nitrogens with zero attached hydrogens (tertiary/aromatic N) is 3. The molecule has 2 aromatic rings. The Kier molecular flexibility index (Phi) is 2.60. The van der Waals surface area contributed by atoms with Gasteiger partial charge in [0.2, 0.25) is 0 Å². The summed E-state index contributed by atoms with van der Waals surface area (Å²) in [5.41, 5.74) is 2.36. The van der Waals surface area contributed by atoms with Gasteiger partial charge in [0.15, 0.2) is 0 Å². The zero-order valence-corrected chi connectivity index (χ0v) is 11.4. The standard InChI is InChI=1S/C14H15N5O2/c20-13(9-1-2-11-12(5-9)17-8-16-11)18-3-4-19-10(7-18)6-15-14(19)21/h1-2,5,8,10H,3-4,6-7H2,(H,15,21)(H,16,17). The van der Waals surface area contributed by atoms with Gasteiger partial charge in [-0.3, -0.25) is 4.79 Å². The van der Waals surface area contributed by atoms with Crippen LogP contribution in [-0.2, 0) is 0 Å². The normalized spacial score (nSPS) is 21.5. The molecule has 0 aliphatic carbocycles. The molecule has 2 N–H and O–H groups in total. The molecule has 2 aliphatic heterocycles. The maximum Gasteiger partial charge on any atom is 0.317 e. The maximum atomic E-state index is 12.6. The lowest BCUT2D eigenvalue weighted by Gasteiger charge is -2.36. The predicted molar refractivity (Wildman–Crippen MR) is 75.9 cm³/mol. The number of aromatic nitrogens is 2. The van der Waals surface area contributed by atoms with Gasteiger partial charge in [-0.15, -0.1) is 0 Å². The second-order valence-electron chi connectivity index (χ2n) is 5.42. The number of benzene rings is 1. The van der Waals surface area contributed by atoms with E-state index in [9.17, 15) is 9.59 Å². The van der Waals surface area contributed by atoms with Gasteiger partial charge in [0.1, 0.15) is 0 Å². The Bertz CT molecular complexity index is 725. The summed E-state index contributed by atoms with van der Waals surface area (Å²) in [6.07, 6.45) is 1.62. The van der Waals surface area contributed by atoms with Crippen LogP contribution >= 0.6 is 0 Å². The highest BCUT2D eigenvalue weighted by atomic mass is 16.2. The summed E-state index contributed by atoms with van der Waals surface area (Å²) in [6, 6.07) is 5.54. The van der Waals surface area contributed by atoms with Crippen LogP contribution in [0.1, 0.15) is 10.4 Å². The van der Waals surface area contributed by atoms with Crippen molar-refractivity contribution in [1.82, 2.24) is 25.1 Å². The summed E-state index contributed by atoms with van der Waals surface area (Å²) in [5.74, 6) is 0.00509. The first-order chi connectivity index (χ1) is 10.2. The van der Waals surface area contributed by atoms with E-state index in [1.807, 2.05) is 21.9 Å². The Labute approximate surface area is 120 Å². The SMILES string of the molecule is O=C(c1ccc2nc[nH]c2c1)N1CCN2C(=O)NCC2C1. The van der Waals surface area contributed by atoms with E-state index in [2.05, 4.69) is 15.3 Å². The highest BCUT2D eigenvalue weighted by Gasteiger charge is 2.37. The number of aromatic amines is 1. The Morgan fingerprint density at radius 3 is 3.14 bits per heavy atom. The molecule has 7 heteroatoms. The van der Waals surface area contributed by atoms with Crippen LogP contribution in [0.2, 0.25) is 0 Å². The van der Waals surface area contributed by atoms with Crippen LogP contribution in [0.4, 0.5) is 4.79 Å². The number of hydrogen-bond donors (Lipinski definition) is 2. The molecule has 0 radical (unpaired) electrons. The van der Waals surface area contributed by atoms with Gasteiger partial charge in [0.05, 0.1) is 23.4 Å².